The fourth-order valence-electron chi connectivity index (χ4n) is 5.08. The molecular weight excluding hydrogens is 494 g/mol. The van der Waals surface area contributed by atoms with Gasteiger partial charge in [0.2, 0.25) is 0 Å². The normalized spacial score (nSPS) is 19.4. The summed E-state index contributed by atoms with van der Waals surface area (Å²) in [6.45, 7) is 6.78. The Morgan fingerprint density at radius 2 is 1.79 bits per heavy atom. The molecule has 2 aliphatic rings. The largest absolute Gasteiger partial charge is 0.507 e. The van der Waals surface area contributed by atoms with Gasteiger partial charge < -0.3 is 19.5 Å². The maximum atomic E-state index is 13.3. The molecule has 0 unspecified atom stereocenters. The number of carbonyl (C=O) groups is 2. The molecule has 1 N–H and O–H groups in total. The number of hydrogen-bond acceptors (Lipinski definition) is 7. The number of hydrogen-bond donors (Lipinski definition) is 1. The van der Waals surface area contributed by atoms with Crippen LogP contribution in [0.4, 0.5) is 0 Å². The molecule has 5 rings (SSSR count). The summed E-state index contributed by atoms with van der Waals surface area (Å²) in [7, 11) is 0. The van der Waals surface area contributed by atoms with Crippen LogP contribution in [0.25, 0.3) is 5.76 Å². The number of ether oxygens (including phenoxy) is 2. The van der Waals surface area contributed by atoms with Gasteiger partial charge in [-0.05, 0) is 60.4 Å². The molecule has 8 heteroatoms. The number of amides is 1. The third-order valence-electron chi connectivity index (χ3n) is 7.30. The van der Waals surface area contributed by atoms with E-state index in [0.717, 1.165) is 30.8 Å². The number of aliphatic hydroxyl groups is 1. The lowest BCUT2D eigenvalue weighted by molar-refractivity contribution is -0.140. The highest BCUT2D eigenvalue weighted by Gasteiger charge is 2.45. The lowest BCUT2D eigenvalue weighted by Crippen LogP contribution is -2.39. The summed E-state index contributed by atoms with van der Waals surface area (Å²) in [4.78, 5) is 34.5. The second-order valence-corrected chi connectivity index (χ2v) is 9.83. The first-order valence-corrected chi connectivity index (χ1v) is 13.3. The summed E-state index contributed by atoms with van der Waals surface area (Å²) >= 11 is 0. The van der Waals surface area contributed by atoms with Crippen molar-refractivity contribution in [1.82, 2.24) is 14.8 Å². The number of carbonyl (C=O) groups excluding carboxylic acids is 2. The number of aromatic nitrogens is 1. The van der Waals surface area contributed by atoms with E-state index in [1.165, 1.54) is 0 Å². The second-order valence-electron chi connectivity index (χ2n) is 9.83. The Balaban J connectivity index is 1.36. The minimum Gasteiger partial charge on any atom is -0.507 e. The Labute approximate surface area is 228 Å². The number of ketones is 1. The summed E-state index contributed by atoms with van der Waals surface area (Å²) < 4.78 is 11.3. The smallest absolute Gasteiger partial charge is 0.295 e. The highest BCUT2D eigenvalue weighted by atomic mass is 16.5. The Bertz CT molecular complexity index is 1330. The molecule has 2 aliphatic heterocycles. The second kappa shape index (κ2) is 12.2. The molecule has 1 amide bonds. The van der Waals surface area contributed by atoms with Gasteiger partial charge in [0.1, 0.15) is 18.1 Å². The van der Waals surface area contributed by atoms with Crippen LogP contribution in [0.1, 0.15) is 34.7 Å². The van der Waals surface area contributed by atoms with Crippen molar-refractivity contribution in [2.75, 3.05) is 39.4 Å². The van der Waals surface area contributed by atoms with Crippen LogP contribution in [-0.2, 0) is 20.9 Å². The van der Waals surface area contributed by atoms with Crippen LogP contribution in [0.3, 0.4) is 0 Å². The molecule has 2 saturated heterocycles. The third kappa shape index (κ3) is 6.02. The Hall–Kier alpha value is -4.01. The van der Waals surface area contributed by atoms with Crippen LogP contribution in [0.15, 0.2) is 78.6 Å². The van der Waals surface area contributed by atoms with Gasteiger partial charge in [-0.1, -0.05) is 30.3 Å². The van der Waals surface area contributed by atoms with E-state index in [4.69, 9.17) is 9.47 Å². The first-order chi connectivity index (χ1) is 19.0. The summed E-state index contributed by atoms with van der Waals surface area (Å²) in [5, 5.41) is 11.3. The molecule has 0 spiro atoms. The molecule has 0 radical (unpaired) electrons. The summed E-state index contributed by atoms with van der Waals surface area (Å²) in [6.07, 6.45) is 3.99. The van der Waals surface area contributed by atoms with Crippen molar-refractivity contribution in [2.45, 2.75) is 26.0 Å². The molecule has 8 nitrogen and oxygen atoms in total. The summed E-state index contributed by atoms with van der Waals surface area (Å²) in [6, 6.07) is 17.8. The molecular formula is C31H33N3O5. The van der Waals surface area contributed by atoms with Gasteiger partial charge in [-0.3, -0.25) is 19.5 Å². The van der Waals surface area contributed by atoms with Crippen molar-refractivity contribution in [3.8, 4) is 5.75 Å². The average molecular weight is 528 g/mol. The van der Waals surface area contributed by atoms with Gasteiger partial charge in [0, 0.05) is 44.1 Å². The van der Waals surface area contributed by atoms with E-state index in [1.807, 2.05) is 37.3 Å². The molecule has 202 valence electrons. The van der Waals surface area contributed by atoms with Gasteiger partial charge in [0.25, 0.3) is 11.7 Å². The quantitative estimate of drug-likeness (QED) is 0.254. The van der Waals surface area contributed by atoms with E-state index in [2.05, 4.69) is 9.88 Å². The van der Waals surface area contributed by atoms with Gasteiger partial charge in [-0.25, -0.2) is 0 Å². The molecule has 3 aromatic rings. The molecule has 2 fully saturated rings. The van der Waals surface area contributed by atoms with Crippen molar-refractivity contribution in [2.24, 2.45) is 0 Å². The summed E-state index contributed by atoms with van der Waals surface area (Å²) in [5.74, 6) is -0.858. The Morgan fingerprint density at radius 1 is 1.03 bits per heavy atom. The lowest BCUT2D eigenvalue weighted by atomic mass is 9.96. The van der Waals surface area contributed by atoms with E-state index in [-0.39, 0.29) is 11.3 Å². The van der Waals surface area contributed by atoms with Gasteiger partial charge in [-0.15, -0.1) is 0 Å². The van der Waals surface area contributed by atoms with Crippen molar-refractivity contribution in [3.05, 3.63) is 101 Å². The number of likely N-dealkylation sites (tertiary alicyclic amines) is 1. The van der Waals surface area contributed by atoms with Crippen LogP contribution in [-0.4, -0.2) is 71.0 Å². The minimum atomic E-state index is -0.708. The predicted molar refractivity (Wildman–Crippen MR) is 147 cm³/mol. The molecule has 0 bridgehead atoms. The fourth-order valence-corrected chi connectivity index (χ4v) is 5.08. The number of aliphatic hydroxyl groups excluding tert-OH is 1. The maximum absolute atomic E-state index is 13.3. The van der Waals surface area contributed by atoms with Crippen LogP contribution in [0, 0.1) is 6.92 Å². The Kier molecular flexibility index (Phi) is 8.34. The van der Waals surface area contributed by atoms with Crippen LogP contribution < -0.4 is 4.74 Å². The van der Waals surface area contributed by atoms with Crippen LogP contribution >= 0.6 is 0 Å². The predicted octanol–water partition coefficient (Wildman–Crippen LogP) is 4.11. The number of nitrogens with zero attached hydrogens (tertiary/aromatic N) is 3. The van der Waals surface area contributed by atoms with E-state index < -0.39 is 17.7 Å². The van der Waals surface area contributed by atoms with Crippen LogP contribution in [0.2, 0.25) is 0 Å². The molecule has 0 aliphatic carbocycles. The van der Waals surface area contributed by atoms with E-state index in [1.54, 1.807) is 47.6 Å². The standard InChI is InChI=1S/C31H33N3O5/c1-22-6-2-3-7-25(22)21-39-26-11-9-23(10-12-26)29(35)27-28(24-8-4-13-32-20-24)34(31(37)30(27)36)15-5-14-33-16-18-38-19-17-33/h2-4,6-13,20,28,35H,5,14-19,21H2,1H3/t28-/m1/s1. The molecule has 39 heavy (non-hydrogen) atoms. The fraction of sp³-hybridized carbons (Fsp3) is 0.323. The monoisotopic (exact) mass is 527 g/mol. The first-order valence-electron chi connectivity index (χ1n) is 13.3. The molecule has 3 heterocycles. The zero-order valence-electron chi connectivity index (χ0n) is 22.1. The van der Waals surface area contributed by atoms with Crippen molar-refractivity contribution < 1.29 is 24.2 Å². The molecule has 2 aromatic carbocycles. The van der Waals surface area contributed by atoms with Gasteiger partial charge in [0.05, 0.1) is 24.8 Å². The number of pyridine rings is 1. The number of aryl methyl sites for hydroxylation is 1. The SMILES string of the molecule is Cc1ccccc1COc1ccc(C(O)=C2C(=O)C(=O)N(CCCN3CCOCC3)[C@@H]2c2cccnc2)cc1. The Morgan fingerprint density at radius 3 is 2.51 bits per heavy atom. The number of Topliss-reactive ketones (excluding diaryl/α,β-unsaturated/α-hetero) is 1. The first kappa shape index (κ1) is 26.6. The number of benzene rings is 2. The highest BCUT2D eigenvalue weighted by molar-refractivity contribution is 6.46. The topological polar surface area (TPSA) is 92.2 Å². The third-order valence-corrected chi connectivity index (χ3v) is 7.30. The van der Waals surface area contributed by atoms with E-state index in [9.17, 15) is 14.7 Å². The van der Waals surface area contributed by atoms with Crippen molar-refractivity contribution in [1.29, 1.82) is 0 Å². The zero-order valence-corrected chi connectivity index (χ0v) is 22.1. The molecule has 1 aromatic heterocycles. The van der Waals surface area contributed by atoms with Gasteiger partial charge in [-0.2, -0.15) is 0 Å². The average Bonchev–Trinajstić information content (AvgIpc) is 3.23. The van der Waals surface area contributed by atoms with E-state index >= 15 is 0 Å². The maximum Gasteiger partial charge on any atom is 0.295 e. The van der Waals surface area contributed by atoms with Gasteiger partial charge >= 0.3 is 0 Å². The number of rotatable bonds is 9. The van der Waals surface area contributed by atoms with Crippen molar-refractivity contribution >= 4 is 17.4 Å². The molecule has 0 saturated carbocycles. The van der Waals surface area contributed by atoms with Gasteiger partial charge in [0.15, 0.2) is 0 Å². The van der Waals surface area contributed by atoms with Crippen LogP contribution in [0.5, 0.6) is 5.75 Å². The van der Waals surface area contributed by atoms with Crippen molar-refractivity contribution in [3.63, 3.8) is 0 Å². The lowest BCUT2D eigenvalue weighted by Gasteiger charge is -2.29. The minimum absolute atomic E-state index is 0.0768. The number of morpholine rings is 1. The highest BCUT2D eigenvalue weighted by Crippen LogP contribution is 2.39. The zero-order chi connectivity index (χ0) is 27.2. The van der Waals surface area contributed by atoms with E-state index in [0.29, 0.717) is 49.7 Å². The summed E-state index contributed by atoms with van der Waals surface area (Å²) in [5.41, 5.74) is 3.45. The molecule has 1 atom stereocenters.